The van der Waals surface area contributed by atoms with Crippen molar-refractivity contribution in [1.29, 1.82) is 0 Å². The van der Waals surface area contributed by atoms with Gasteiger partial charge in [-0.25, -0.2) is 0 Å². The molecule has 0 unspecified atom stereocenters. The standard InChI is InChI=1S/C20H18N4O2/c25-20(8-7-14-12-22-18-6-2-1-5-17(14)18)23-13-16-10-19(24-26-16)15-4-3-9-21-11-15/h1-6,9-12,22H,7-8,13H2,(H,23,25). The van der Waals surface area contributed by atoms with Crippen LogP contribution in [0, 0.1) is 0 Å². The first-order chi connectivity index (χ1) is 12.8. The lowest BCUT2D eigenvalue weighted by Crippen LogP contribution is -2.22. The summed E-state index contributed by atoms with van der Waals surface area (Å²) in [4.78, 5) is 19.4. The van der Waals surface area contributed by atoms with Crippen LogP contribution in [0.4, 0.5) is 0 Å². The quantitative estimate of drug-likeness (QED) is 0.560. The van der Waals surface area contributed by atoms with Crippen molar-refractivity contribution in [3.8, 4) is 11.3 Å². The molecule has 6 heteroatoms. The minimum absolute atomic E-state index is 0.0189. The van der Waals surface area contributed by atoms with Gasteiger partial charge in [0.1, 0.15) is 5.69 Å². The van der Waals surface area contributed by atoms with Crippen molar-refractivity contribution in [3.63, 3.8) is 0 Å². The Kier molecular flexibility index (Phi) is 4.47. The molecule has 26 heavy (non-hydrogen) atoms. The number of nitrogens with one attached hydrogen (secondary N) is 2. The normalized spacial score (nSPS) is 10.9. The molecule has 4 aromatic rings. The van der Waals surface area contributed by atoms with Gasteiger partial charge < -0.3 is 14.8 Å². The van der Waals surface area contributed by atoms with Gasteiger partial charge in [-0.15, -0.1) is 0 Å². The Balaban J connectivity index is 1.31. The molecule has 0 saturated carbocycles. The smallest absolute Gasteiger partial charge is 0.220 e. The Morgan fingerprint density at radius 2 is 2.12 bits per heavy atom. The van der Waals surface area contributed by atoms with Crippen LogP contribution in [0.15, 0.2) is 65.6 Å². The highest BCUT2D eigenvalue weighted by Crippen LogP contribution is 2.19. The second kappa shape index (κ2) is 7.23. The van der Waals surface area contributed by atoms with Crippen LogP contribution in [0.2, 0.25) is 0 Å². The van der Waals surface area contributed by atoms with E-state index in [-0.39, 0.29) is 5.91 Å². The van der Waals surface area contributed by atoms with Gasteiger partial charge in [0.2, 0.25) is 5.91 Å². The van der Waals surface area contributed by atoms with E-state index in [1.165, 1.54) is 0 Å². The third kappa shape index (κ3) is 3.49. The monoisotopic (exact) mass is 346 g/mol. The van der Waals surface area contributed by atoms with Crippen LogP contribution in [-0.4, -0.2) is 21.0 Å². The Hall–Kier alpha value is -3.41. The average Bonchev–Trinajstić information content (AvgIpc) is 3.33. The summed E-state index contributed by atoms with van der Waals surface area (Å²) in [5.41, 5.74) is 3.83. The van der Waals surface area contributed by atoms with Crippen LogP contribution >= 0.6 is 0 Å². The van der Waals surface area contributed by atoms with Gasteiger partial charge >= 0.3 is 0 Å². The average molecular weight is 346 g/mol. The fraction of sp³-hybridized carbons (Fsp3) is 0.150. The van der Waals surface area contributed by atoms with Gasteiger partial charge in [-0.05, 0) is 30.2 Å². The topological polar surface area (TPSA) is 83.8 Å². The van der Waals surface area contributed by atoms with Crippen LogP contribution in [0.5, 0.6) is 0 Å². The maximum absolute atomic E-state index is 12.1. The molecule has 0 fully saturated rings. The van der Waals surface area contributed by atoms with Crippen LogP contribution in [0.1, 0.15) is 17.7 Å². The molecule has 3 heterocycles. The Bertz CT molecular complexity index is 1020. The minimum Gasteiger partial charge on any atom is -0.361 e. The Morgan fingerprint density at radius 3 is 3.00 bits per heavy atom. The fourth-order valence-corrected chi connectivity index (χ4v) is 2.91. The Morgan fingerprint density at radius 1 is 1.19 bits per heavy atom. The van der Waals surface area contributed by atoms with Gasteiger partial charge in [0, 0.05) is 47.5 Å². The van der Waals surface area contributed by atoms with Crippen LogP contribution in [-0.2, 0) is 17.8 Å². The van der Waals surface area contributed by atoms with Crippen molar-refractivity contribution in [2.45, 2.75) is 19.4 Å². The zero-order valence-electron chi connectivity index (χ0n) is 14.1. The van der Waals surface area contributed by atoms with Crippen molar-refractivity contribution in [2.24, 2.45) is 0 Å². The summed E-state index contributed by atoms with van der Waals surface area (Å²) >= 11 is 0. The first kappa shape index (κ1) is 16.1. The van der Waals surface area contributed by atoms with E-state index in [1.54, 1.807) is 12.4 Å². The molecular weight excluding hydrogens is 328 g/mol. The van der Waals surface area contributed by atoms with Crippen LogP contribution < -0.4 is 5.32 Å². The molecule has 0 aliphatic rings. The van der Waals surface area contributed by atoms with E-state index in [9.17, 15) is 4.79 Å². The van der Waals surface area contributed by atoms with Gasteiger partial charge in [-0.1, -0.05) is 23.4 Å². The van der Waals surface area contributed by atoms with E-state index in [0.717, 1.165) is 22.0 Å². The number of H-pyrrole nitrogens is 1. The Labute approximate surface area is 150 Å². The lowest BCUT2D eigenvalue weighted by Gasteiger charge is -2.02. The number of aromatic nitrogens is 3. The van der Waals surface area contributed by atoms with E-state index in [4.69, 9.17) is 4.52 Å². The van der Waals surface area contributed by atoms with Crippen molar-refractivity contribution in [2.75, 3.05) is 0 Å². The van der Waals surface area contributed by atoms with Crippen molar-refractivity contribution in [1.82, 2.24) is 20.4 Å². The molecule has 0 radical (unpaired) electrons. The second-order valence-corrected chi connectivity index (χ2v) is 6.06. The number of amides is 1. The van der Waals surface area contributed by atoms with E-state index < -0.39 is 0 Å². The van der Waals surface area contributed by atoms with Crippen molar-refractivity contribution >= 4 is 16.8 Å². The van der Waals surface area contributed by atoms with E-state index in [0.29, 0.717) is 30.8 Å². The molecule has 0 spiro atoms. The lowest BCUT2D eigenvalue weighted by molar-refractivity contribution is -0.121. The highest BCUT2D eigenvalue weighted by atomic mass is 16.5. The third-order valence-electron chi connectivity index (χ3n) is 4.27. The summed E-state index contributed by atoms with van der Waals surface area (Å²) in [7, 11) is 0. The van der Waals surface area contributed by atoms with Crippen molar-refractivity contribution in [3.05, 3.63) is 72.4 Å². The molecule has 6 nitrogen and oxygen atoms in total. The molecule has 0 atom stereocenters. The lowest BCUT2D eigenvalue weighted by atomic mass is 10.1. The number of nitrogens with zero attached hydrogens (tertiary/aromatic N) is 2. The number of hydrogen-bond acceptors (Lipinski definition) is 4. The zero-order valence-corrected chi connectivity index (χ0v) is 14.1. The number of benzene rings is 1. The molecule has 0 aliphatic heterocycles. The van der Waals surface area contributed by atoms with E-state index in [2.05, 4.69) is 26.5 Å². The van der Waals surface area contributed by atoms with E-state index >= 15 is 0 Å². The summed E-state index contributed by atoms with van der Waals surface area (Å²) in [6.07, 6.45) is 6.51. The van der Waals surface area contributed by atoms with Crippen LogP contribution in [0.3, 0.4) is 0 Å². The number of aryl methyl sites for hydroxylation is 1. The number of rotatable bonds is 6. The molecule has 3 aromatic heterocycles. The molecule has 0 aliphatic carbocycles. The van der Waals surface area contributed by atoms with Gasteiger partial charge in [0.15, 0.2) is 5.76 Å². The summed E-state index contributed by atoms with van der Waals surface area (Å²) in [6.45, 7) is 0.319. The number of carbonyl (C=O) groups is 1. The predicted octanol–water partition coefficient (Wildman–Crippen LogP) is 3.47. The first-order valence-corrected chi connectivity index (χ1v) is 8.47. The molecule has 2 N–H and O–H groups in total. The maximum Gasteiger partial charge on any atom is 0.220 e. The second-order valence-electron chi connectivity index (χ2n) is 6.06. The number of para-hydroxylation sites is 1. The number of hydrogen-bond donors (Lipinski definition) is 2. The largest absolute Gasteiger partial charge is 0.361 e. The van der Waals surface area contributed by atoms with Crippen LogP contribution in [0.25, 0.3) is 22.2 Å². The first-order valence-electron chi connectivity index (χ1n) is 8.47. The summed E-state index contributed by atoms with van der Waals surface area (Å²) in [6, 6.07) is 13.7. The van der Waals surface area contributed by atoms with E-state index in [1.807, 2.05) is 42.6 Å². The molecule has 0 bridgehead atoms. The molecular formula is C20H18N4O2. The number of fused-ring (bicyclic) bond motifs is 1. The maximum atomic E-state index is 12.1. The summed E-state index contributed by atoms with van der Waals surface area (Å²) < 4.78 is 5.28. The molecule has 0 saturated heterocycles. The molecule has 4 rings (SSSR count). The van der Waals surface area contributed by atoms with Crippen molar-refractivity contribution < 1.29 is 9.32 Å². The predicted molar refractivity (Wildman–Crippen MR) is 98.2 cm³/mol. The fourth-order valence-electron chi connectivity index (χ4n) is 2.91. The SMILES string of the molecule is O=C(CCc1c[nH]c2ccccc12)NCc1cc(-c2cccnc2)no1. The minimum atomic E-state index is -0.0189. The third-order valence-corrected chi connectivity index (χ3v) is 4.27. The van der Waals surface area contributed by atoms with Gasteiger partial charge in [-0.2, -0.15) is 0 Å². The highest BCUT2D eigenvalue weighted by molar-refractivity contribution is 5.84. The highest BCUT2D eigenvalue weighted by Gasteiger charge is 2.10. The van der Waals surface area contributed by atoms with Gasteiger partial charge in [0.05, 0.1) is 6.54 Å². The number of pyridine rings is 1. The summed E-state index contributed by atoms with van der Waals surface area (Å²) in [5.74, 6) is 0.596. The summed E-state index contributed by atoms with van der Waals surface area (Å²) in [5, 5.41) is 8.05. The number of aromatic amines is 1. The molecule has 1 aromatic carbocycles. The van der Waals surface area contributed by atoms with Gasteiger partial charge in [-0.3, -0.25) is 9.78 Å². The van der Waals surface area contributed by atoms with Gasteiger partial charge in [0.25, 0.3) is 0 Å². The molecule has 130 valence electrons. The zero-order chi connectivity index (χ0) is 17.8. The molecule has 1 amide bonds. The number of carbonyl (C=O) groups excluding carboxylic acids is 1.